The Morgan fingerprint density at radius 2 is 1.27 bits per heavy atom. The summed E-state index contributed by atoms with van der Waals surface area (Å²) >= 11 is 0. The molecule has 0 aliphatic carbocycles. The van der Waals surface area contributed by atoms with Gasteiger partial charge in [0.1, 0.15) is 11.5 Å². The average Bonchev–Trinajstić information content (AvgIpc) is 2.44. The van der Waals surface area contributed by atoms with E-state index >= 15 is 0 Å². The normalized spacial score (nSPS) is 13.7. The molecule has 0 aliphatic rings. The molecule has 1 rings (SSSR count). The molecule has 0 radical (unpaired) electrons. The maximum absolute atomic E-state index is 6.68. The summed E-state index contributed by atoms with van der Waals surface area (Å²) < 4.78 is 13.3. The Morgan fingerprint density at radius 3 is 1.69 bits per heavy atom. The van der Waals surface area contributed by atoms with Crippen LogP contribution in [-0.4, -0.2) is 23.2 Å². The van der Waals surface area contributed by atoms with Crippen molar-refractivity contribution in [2.45, 2.75) is 90.6 Å². The zero-order valence-electron chi connectivity index (χ0n) is 18.7. The Hall–Kier alpha value is -0.786. The molecule has 0 amide bonds. The maximum atomic E-state index is 6.68. The second-order valence-corrected chi connectivity index (χ2v) is 19.8. The van der Waals surface area contributed by atoms with E-state index in [1.54, 1.807) is 0 Å². The first-order valence-electron chi connectivity index (χ1n) is 9.82. The second kappa shape index (κ2) is 8.07. The van der Waals surface area contributed by atoms with Crippen molar-refractivity contribution in [3.05, 3.63) is 23.8 Å². The summed E-state index contributed by atoms with van der Waals surface area (Å²) in [6.07, 6.45) is 1.96. The van der Waals surface area contributed by atoms with Gasteiger partial charge in [-0.2, -0.15) is 0 Å². The summed E-state index contributed by atoms with van der Waals surface area (Å²) in [5.41, 5.74) is 6.96. The van der Waals surface area contributed by atoms with Crippen LogP contribution in [0.1, 0.15) is 53.5 Å². The van der Waals surface area contributed by atoms with E-state index in [0.717, 1.165) is 24.3 Å². The number of hydrogen-bond donors (Lipinski definition) is 1. The van der Waals surface area contributed by atoms with Gasteiger partial charge in [0.25, 0.3) is 16.6 Å². The molecule has 0 atom stereocenters. The molecule has 150 valence electrons. The molecule has 0 saturated heterocycles. The van der Waals surface area contributed by atoms with Gasteiger partial charge in [-0.15, -0.1) is 0 Å². The van der Waals surface area contributed by atoms with Crippen molar-refractivity contribution in [1.29, 1.82) is 0 Å². The number of rotatable bonds is 7. The molecule has 0 aromatic heterocycles. The number of aryl methyl sites for hydroxylation is 1. The molecule has 0 saturated carbocycles. The monoisotopic (exact) mass is 395 g/mol. The third-order valence-corrected chi connectivity index (χ3v) is 14.7. The van der Waals surface area contributed by atoms with E-state index in [0.29, 0.717) is 6.54 Å². The fourth-order valence-electron chi connectivity index (χ4n) is 2.03. The van der Waals surface area contributed by atoms with E-state index < -0.39 is 16.6 Å². The minimum absolute atomic E-state index is 0.147. The van der Waals surface area contributed by atoms with E-state index in [1.807, 2.05) is 0 Å². The van der Waals surface area contributed by atoms with Crippen LogP contribution in [0.15, 0.2) is 18.2 Å². The van der Waals surface area contributed by atoms with Crippen molar-refractivity contribution in [2.75, 3.05) is 6.54 Å². The van der Waals surface area contributed by atoms with Crippen molar-refractivity contribution in [2.24, 2.45) is 5.73 Å². The second-order valence-electron chi connectivity index (χ2n) is 10.4. The minimum Gasteiger partial charge on any atom is -0.541 e. The van der Waals surface area contributed by atoms with Gasteiger partial charge in [0.2, 0.25) is 0 Å². The Kier molecular flexibility index (Phi) is 7.22. The molecule has 0 unspecified atom stereocenters. The molecule has 3 nitrogen and oxygen atoms in total. The van der Waals surface area contributed by atoms with Crippen molar-refractivity contribution in [3.8, 4) is 11.5 Å². The third kappa shape index (κ3) is 5.86. The van der Waals surface area contributed by atoms with Crippen LogP contribution in [0, 0.1) is 0 Å². The predicted octanol–water partition coefficient (Wildman–Crippen LogP) is 6.35. The summed E-state index contributed by atoms with van der Waals surface area (Å²) in [6.45, 7) is 23.5. The lowest BCUT2D eigenvalue weighted by Crippen LogP contribution is -2.45. The molecule has 0 fully saturated rings. The fraction of sp³-hybridized carbons (Fsp3) is 0.714. The quantitative estimate of drug-likeness (QED) is 0.547. The van der Waals surface area contributed by atoms with Crippen molar-refractivity contribution >= 4 is 16.6 Å². The zero-order chi connectivity index (χ0) is 20.4. The van der Waals surface area contributed by atoms with E-state index in [1.165, 1.54) is 5.56 Å². The first-order valence-corrected chi connectivity index (χ1v) is 15.6. The zero-order valence-corrected chi connectivity index (χ0v) is 20.7. The van der Waals surface area contributed by atoms with Crippen molar-refractivity contribution in [3.63, 3.8) is 0 Å². The van der Waals surface area contributed by atoms with Crippen molar-refractivity contribution in [1.82, 2.24) is 0 Å². The first-order chi connectivity index (χ1) is 11.6. The lowest BCUT2D eigenvalue weighted by atomic mass is 10.1. The first kappa shape index (κ1) is 23.3. The Labute approximate surface area is 163 Å². The van der Waals surface area contributed by atoms with Crippen LogP contribution in [0.3, 0.4) is 0 Å². The van der Waals surface area contributed by atoms with Gasteiger partial charge < -0.3 is 14.6 Å². The molecule has 0 bridgehead atoms. The molecule has 0 aliphatic heterocycles. The van der Waals surface area contributed by atoms with Gasteiger partial charge in [0.15, 0.2) is 0 Å². The lowest BCUT2D eigenvalue weighted by Gasteiger charge is -2.39. The molecule has 0 heterocycles. The van der Waals surface area contributed by atoms with Gasteiger partial charge in [-0.25, -0.2) is 0 Å². The predicted molar refractivity (Wildman–Crippen MR) is 119 cm³/mol. The van der Waals surface area contributed by atoms with Crippen LogP contribution >= 0.6 is 0 Å². The maximum Gasteiger partial charge on any atom is 0.250 e. The lowest BCUT2D eigenvalue weighted by molar-refractivity contribution is 0.440. The summed E-state index contributed by atoms with van der Waals surface area (Å²) in [5.74, 6) is 1.81. The van der Waals surface area contributed by atoms with Crippen LogP contribution in [0.5, 0.6) is 11.5 Å². The molecule has 26 heavy (non-hydrogen) atoms. The van der Waals surface area contributed by atoms with Crippen LogP contribution < -0.4 is 14.6 Å². The Bertz CT molecular complexity index is 599. The fourth-order valence-corrected chi connectivity index (χ4v) is 4.07. The standard InChI is InChI=1S/C21H41NO2Si2/c1-20(2,3)25(7,8)23-18-14-13-17(12-11-15-22)16-19(18)24-26(9,10)21(4,5)6/h13-14,16H,11-12,15,22H2,1-10H3. The molecule has 2 N–H and O–H groups in total. The average molecular weight is 396 g/mol. The van der Waals surface area contributed by atoms with Gasteiger partial charge >= 0.3 is 0 Å². The highest BCUT2D eigenvalue weighted by molar-refractivity contribution is 6.75. The van der Waals surface area contributed by atoms with Gasteiger partial charge in [-0.3, -0.25) is 0 Å². The topological polar surface area (TPSA) is 44.5 Å². The summed E-state index contributed by atoms with van der Waals surface area (Å²) in [5, 5.41) is 0.300. The van der Waals surface area contributed by atoms with Gasteiger partial charge in [0, 0.05) is 0 Å². The van der Waals surface area contributed by atoms with Crippen LogP contribution in [0.2, 0.25) is 36.3 Å². The Morgan fingerprint density at radius 1 is 0.808 bits per heavy atom. The van der Waals surface area contributed by atoms with Crippen LogP contribution in [-0.2, 0) is 6.42 Å². The molecular formula is C21H41NO2Si2. The molecule has 1 aromatic rings. The van der Waals surface area contributed by atoms with E-state index in [-0.39, 0.29) is 10.1 Å². The molecule has 0 spiro atoms. The third-order valence-electron chi connectivity index (χ3n) is 6.02. The van der Waals surface area contributed by atoms with Gasteiger partial charge in [-0.05, 0) is 73.3 Å². The highest BCUT2D eigenvalue weighted by atomic mass is 28.4. The summed E-state index contributed by atoms with van der Waals surface area (Å²) in [4.78, 5) is 0. The minimum atomic E-state index is -1.94. The summed E-state index contributed by atoms with van der Waals surface area (Å²) in [7, 11) is -3.87. The molecule has 5 heteroatoms. The number of benzene rings is 1. The van der Waals surface area contributed by atoms with Crippen LogP contribution in [0.25, 0.3) is 0 Å². The highest BCUT2D eigenvalue weighted by Crippen LogP contribution is 2.43. The molecule has 1 aromatic carbocycles. The molecular weight excluding hydrogens is 354 g/mol. The Balaban J connectivity index is 3.28. The van der Waals surface area contributed by atoms with Gasteiger partial charge in [-0.1, -0.05) is 47.6 Å². The van der Waals surface area contributed by atoms with Crippen molar-refractivity contribution < 1.29 is 8.85 Å². The smallest absolute Gasteiger partial charge is 0.250 e. The number of hydrogen-bond acceptors (Lipinski definition) is 3. The van der Waals surface area contributed by atoms with Crippen LogP contribution in [0.4, 0.5) is 0 Å². The SMILES string of the molecule is CC(C)(C)[Si](C)(C)Oc1ccc(CCCN)cc1O[Si](C)(C)C(C)(C)C. The van der Waals surface area contributed by atoms with E-state index in [2.05, 4.69) is 85.9 Å². The highest BCUT2D eigenvalue weighted by Gasteiger charge is 2.42. The number of nitrogens with two attached hydrogens (primary N) is 1. The van der Waals surface area contributed by atoms with E-state index in [4.69, 9.17) is 14.6 Å². The van der Waals surface area contributed by atoms with E-state index in [9.17, 15) is 0 Å². The largest absolute Gasteiger partial charge is 0.541 e. The summed E-state index contributed by atoms with van der Waals surface area (Å²) in [6, 6.07) is 6.45. The van der Waals surface area contributed by atoms with Gasteiger partial charge in [0.05, 0.1) is 0 Å².